The average Bonchev–Trinajstić information content (AvgIpc) is 3.14. The number of fused-ring (bicyclic) bond motifs is 1. The quantitative estimate of drug-likeness (QED) is 0.718. The van der Waals surface area contributed by atoms with Gasteiger partial charge < -0.3 is 9.72 Å². The monoisotopic (exact) mass is 364 g/mol. The largest absolute Gasteiger partial charge is 0.464 e. The van der Waals surface area contributed by atoms with Crippen molar-refractivity contribution >= 4 is 17.0 Å². The van der Waals surface area contributed by atoms with E-state index in [1.807, 2.05) is 12.1 Å². The number of hydrogen-bond acceptors (Lipinski definition) is 5. The van der Waals surface area contributed by atoms with Gasteiger partial charge in [0.15, 0.2) is 0 Å². The number of aromatic amines is 1. The van der Waals surface area contributed by atoms with Gasteiger partial charge in [0.05, 0.1) is 23.8 Å². The number of rotatable bonds is 4. The molecule has 27 heavy (non-hydrogen) atoms. The molecule has 1 aliphatic heterocycles. The van der Waals surface area contributed by atoms with Crippen LogP contribution in [0, 0.1) is 6.92 Å². The fraction of sp³-hybridized carbons (Fsp3) is 0.381. The van der Waals surface area contributed by atoms with Crippen LogP contribution in [0.3, 0.4) is 0 Å². The first-order valence-electron chi connectivity index (χ1n) is 9.36. The number of piperidine rings is 1. The fourth-order valence-electron chi connectivity index (χ4n) is 3.77. The number of aromatic nitrogens is 3. The molecule has 6 heteroatoms. The number of esters is 1. The maximum Gasteiger partial charge on any atom is 0.356 e. The molecule has 1 N–H and O–H groups in total. The summed E-state index contributed by atoms with van der Waals surface area (Å²) in [5.74, 6) is 1.17. The lowest BCUT2D eigenvalue weighted by Crippen LogP contribution is -2.33. The summed E-state index contributed by atoms with van der Waals surface area (Å²) in [4.78, 5) is 26.8. The second-order valence-corrected chi connectivity index (χ2v) is 7.15. The first-order valence-corrected chi connectivity index (χ1v) is 9.36. The third-order valence-electron chi connectivity index (χ3n) is 5.29. The number of methoxy groups -OCH3 is 1. The molecule has 0 atom stereocenters. The molecule has 3 aromatic rings. The minimum absolute atomic E-state index is 0.363. The molecule has 0 spiro atoms. The predicted octanol–water partition coefficient (Wildman–Crippen LogP) is 3.43. The Bertz CT molecular complexity index is 958. The van der Waals surface area contributed by atoms with Gasteiger partial charge >= 0.3 is 5.97 Å². The number of carbonyl (C=O) groups is 1. The van der Waals surface area contributed by atoms with E-state index >= 15 is 0 Å². The van der Waals surface area contributed by atoms with Crippen molar-refractivity contribution in [3.63, 3.8) is 0 Å². The predicted molar refractivity (Wildman–Crippen MR) is 104 cm³/mol. The van der Waals surface area contributed by atoms with Crippen LogP contribution < -0.4 is 0 Å². The van der Waals surface area contributed by atoms with Gasteiger partial charge in [-0.3, -0.25) is 4.90 Å². The Morgan fingerprint density at radius 2 is 1.96 bits per heavy atom. The lowest BCUT2D eigenvalue weighted by molar-refractivity contribution is 0.0593. The van der Waals surface area contributed by atoms with Crippen LogP contribution in [0.15, 0.2) is 36.4 Å². The summed E-state index contributed by atoms with van der Waals surface area (Å²) in [7, 11) is 1.38. The van der Waals surface area contributed by atoms with E-state index in [0.717, 1.165) is 55.0 Å². The summed E-state index contributed by atoms with van der Waals surface area (Å²) < 4.78 is 4.75. The number of carbonyl (C=O) groups excluding carboxylic acids is 1. The zero-order chi connectivity index (χ0) is 18.8. The van der Waals surface area contributed by atoms with Crippen LogP contribution >= 0.6 is 0 Å². The number of hydrogen-bond donors (Lipinski definition) is 1. The summed E-state index contributed by atoms with van der Waals surface area (Å²) in [6.45, 7) is 4.83. The normalized spacial score (nSPS) is 15.9. The summed E-state index contributed by atoms with van der Waals surface area (Å²) >= 11 is 0. The van der Waals surface area contributed by atoms with Crippen molar-refractivity contribution in [1.82, 2.24) is 19.9 Å². The Labute approximate surface area is 158 Å². The number of ether oxygens (including phenoxy) is 1. The molecule has 1 saturated heterocycles. The molecule has 0 unspecified atom stereocenters. The molecule has 0 saturated carbocycles. The van der Waals surface area contributed by atoms with E-state index in [2.05, 4.69) is 40.0 Å². The topological polar surface area (TPSA) is 71.1 Å². The van der Waals surface area contributed by atoms with Crippen molar-refractivity contribution in [2.75, 3.05) is 20.2 Å². The molecule has 0 aliphatic carbocycles. The van der Waals surface area contributed by atoms with Gasteiger partial charge in [-0.1, -0.05) is 18.2 Å². The first kappa shape index (κ1) is 17.7. The number of aryl methyl sites for hydroxylation is 1. The molecule has 3 heterocycles. The number of pyridine rings is 1. The third kappa shape index (κ3) is 3.71. The zero-order valence-electron chi connectivity index (χ0n) is 15.7. The average molecular weight is 364 g/mol. The smallest absolute Gasteiger partial charge is 0.356 e. The van der Waals surface area contributed by atoms with E-state index in [0.29, 0.717) is 11.6 Å². The molecule has 0 radical (unpaired) electrons. The fourth-order valence-corrected chi connectivity index (χ4v) is 3.77. The number of nitrogens with zero attached hydrogens (tertiary/aromatic N) is 3. The van der Waals surface area contributed by atoms with Gasteiger partial charge in [-0.25, -0.2) is 14.8 Å². The molecule has 2 aromatic heterocycles. The van der Waals surface area contributed by atoms with Gasteiger partial charge in [0.1, 0.15) is 11.5 Å². The summed E-state index contributed by atoms with van der Waals surface area (Å²) in [6, 6.07) is 11.8. The van der Waals surface area contributed by atoms with Gasteiger partial charge in [-0.05, 0) is 56.6 Å². The van der Waals surface area contributed by atoms with Gasteiger partial charge in [-0.2, -0.15) is 0 Å². The molecule has 6 nitrogen and oxygen atoms in total. The van der Waals surface area contributed by atoms with E-state index in [1.54, 1.807) is 6.07 Å². The van der Waals surface area contributed by atoms with E-state index in [9.17, 15) is 4.79 Å². The lowest BCUT2D eigenvalue weighted by Gasteiger charge is -2.30. The van der Waals surface area contributed by atoms with Crippen LogP contribution in [-0.4, -0.2) is 46.0 Å². The van der Waals surface area contributed by atoms with Crippen LogP contribution in [0.1, 0.15) is 46.3 Å². The van der Waals surface area contributed by atoms with Crippen molar-refractivity contribution < 1.29 is 9.53 Å². The SMILES string of the molecule is COC(=O)c1cccc(CN2CCC(c3nc4c(C)cccc4[nH]3)CC2)n1. The Hall–Kier alpha value is -2.73. The highest BCUT2D eigenvalue weighted by molar-refractivity contribution is 5.87. The van der Waals surface area contributed by atoms with Crippen molar-refractivity contribution in [1.29, 1.82) is 0 Å². The second kappa shape index (κ2) is 7.48. The standard InChI is InChI=1S/C21H24N4O2/c1-14-5-3-7-17-19(14)24-20(23-17)15-9-11-25(12-10-15)13-16-6-4-8-18(22-16)21(26)27-2/h3-8,15H,9-13H2,1-2H3,(H,23,24). The first-order chi connectivity index (χ1) is 13.1. The van der Waals surface area contributed by atoms with Crippen molar-refractivity contribution in [3.05, 3.63) is 59.2 Å². The molecular formula is C21H24N4O2. The van der Waals surface area contributed by atoms with E-state index in [1.165, 1.54) is 12.7 Å². The van der Waals surface area contributed by atoms with E-state index in [-0.39, 0.29) is 0 Å². The van der Waals surface area contributed by atoms with Crippen LogP contribution in [0.2, 0.25) is 0 Å². The maximum atomic E-state index is 11.6. The molecule has 1 aliphatic rings. The minimum Gasteiger partial charge on any atom is -0.464 e. The Kier molecular flexibility index (Phi) is 4.90. The highest BCUT2D eigenvalue weighted by Gasteiger charge is 2.23. The van der Waals surface area contributed by atoms with E-state index in [4.69, 9.17) is 9.72 Å². The van der Waals surface area contributed by atoms with Crippen LogP contribution in [0.4, 0.5) is 0 Å². The van der Waals surface area contributed by atoms with Gasteiger partial charge in [0.25, 0.3) is 0 Å². The highest BCUT2D eigenvalue weighted by atomic mass is 16.5. The van der Waals surface area contributed by atoms with Crippen molar-refractivity contribution in [3.8, 4) is 0 Å². The molecule has 140 valence electrons. The van der Waals surface area contributed by atoms with Crippen LogP contribution in [-0.2, 0) is 11.3 Å². The Morgan fingerprint density at radius 1 is 1.19 bits per heavy atom. The number of benzene rings is 1. The second-order valence-electron chi connectivity index (χ2n) is 7.15. The van der Waals surface area contributed by atoms with E-state index < -0.39 is 5.97 Å². The molecule has 1 aromatic carbocycles. The molecule has 4 rings (SSSR count). The van der Waals surface area contributed by atoms with Gasteiger partial charge in [-0.15, -0.1) is 0 Å². The van der Waals surface area contributed by atoms with Crippen molar-refractivity contribution in [2.24, 2.45) is 0 Å². The third-order valence-corrected chi connectivity index (χ3v) is 5.29. The van der Waals surface area contributed by atoms with Crippen LogP contribution in [0.5, 0.6) is 0 Å². The minimum atomic E-state index is -0.393. The molecule has 1 fully saturated rings. The molecule has 0 amide bonds. The molecular weight excluding hydrogens is 340 g/mol. The van der Waals surface area contributed by atoms with Gasteiger partial charge in [0, 0.05) is 12.5 Å². The lowest BCUT2D eigenvalue weighted by atomic mass is 9.96. The number of imidazole rings is 1. The zero-order valence-corrected chi connectivity index (χ0v) is 15.7. The van der Waals surface area contributed by atoms with Gasteiger partial charge in [0.2, 0.25) is 0 Å². The highest BCUT2D eigenvalue weighted by Crippen LogP contribution is 2.29. The molecule has 0 bridgehead atoms. The number of H-pyrrole nitrogens is 1. The number of likely N-dealkylation sites (tertiary alicyclic amines) is 1. The summed E-state index contributed by atoms with van der Waals surface area (Å²) in [5, 5.41) is 0. The summed E-state index contributed by atoms with van der Waals surface area (Å²) in [6.07, 6.45) is 2.13. The number of nitrogens with one attached hydrogen (secondary N) is 1. The maximum absolute atomic E-state index is 11.6. The Morgan fingerprint density at radius 3 is 2.70 bits per heavy atom. The van der Waals surface area contributed by atoms with Crippen molar-refractivity contribution in [2.45, 2.75) is 32.2 Å². The Balaban J connectivity index is 1.40. The number of para-hydroxylation sites is 1. The summed E-state index contributed by atoms with van der Waals surface area (Å²) in [5.41, 5.74) is 4.68. The van der Waals surface area contributed by atoms with Crippen LogP contribution in [0.25, 0.3) is 11.0 Å².